The summed E-state index contributed by atoms with van der Waals surface area (Å²) in [5.41, 5.74) is -2.76. The molecule has 0 N–H and O–H groups in total. The first-order valence-electron chi connectivity index (χ1n) is 6.22. The summed E-state index contributed by atoms with van der Waals surface area (Å²) >= 11 is 3.07. The molecule has 4 nitrogen and oxygen atoms in total. The van der Waals surface area contributed by atoms with Crippen LogP contribution in [0.3, 0.4) is 0 Å². The lowest BCUT2D eigenvalue weighted by atomic mass is 10.1. The number of rotatable bonds is 4. The Bertz CT molecular complexity index is 550. The van der Waals surface area contributed by atoms with Crippen molar-refractivity contribution in [2.24, 2.45) is 0 Å². The molecule has 0 spiro atoms. The molecular formula is C14H16BrF3O4. The van der Waals surface area contributed by atoms with Gasteiger partial charge in [0, 0.05) is 7.11 Å². The smallest absolute Gasteiger partial charge is 0.417 e. The zero-order chi connectivity index (χ0) is 17.1. The van der Waals surface area contributed by atoms with Gasteiger partial charge in [0.25, 0.3) is 0 Å². The minimum absolute atomic E-state index is 0.193. The second-order valence-corrected chi connectivity index (χ2v) is 6.20. The predicted octanol–water partition coefficient (Wildman–Crippen LogP) is 4.41. The Morgan fingerprint density at radius 1 is 1.23 bits per heavy atom. The minimum atomic E-state index is -4.72. The van der Waals surface area contributed by atoms with Crippen LogP contribution in [-0.2, 0) is 15.7 Å². The average Bonchev–Trinajstić information content (AvgIpc) is 2.33. The third-order valence-electron chi connectivity index (χ3n) is 2.34. The van der Waals surface area contributed by atoms with Gasteiger partial charge < -0.3 is 14.2 Å². The summed E-state index contributed by atoms with van der Waals surface area (Å²) in [6, 6.07) is 1.95. The number of hydrogen-bond donors (Lipinski definition) is 0. The fraction of sp³-hybridized carbons (Fsp3) is 0.500. The first-order valence-corrected chi connectivity index (χ1v) is 7.01. The number of carbonyl (C=O) groups excluding carboxylic acids is 1. The molecule has 0 aliphatic rings. The Balaban J connectivity index is 3.46. The molecule has 0 aliphatic heterocycles. The van der Waals surface area contributed by atoms with Gasteiger partial charge in [0.1, 0.15) is 11.2 Å². The molecule has 0 atom stereocenters. The van der Waals surface area contributed by atoms with Crippen molar-refractivity contribution in [3.63, 3.8) is 0 Å². The first-order chi connectivity index (χ1) is 9.97. The Hall–Kier alpha value is -1.28. The molecule has 0 bridgehead atoms. The van der Waals surface area contributed by atoms with Crippen LogP contribution in [0, 0.1) is 0 Å². The minimum Gasteiger partial charge on any atom is -0.465 e. The summed E-state index contributed by atoms with van der Waals surface area (Å²) in [5.74, 6) is -1.39. The highest BCUT2D eigenvalue weighted by molar-refractivity contribution is 9.10. The number of benzene rings is 1. The van der Waals surface area contributed by atoms with E-state index < -0.39 is 28.9 Å². The highest BCUT2D eigenvalue weighted by atomic mass is 79.9. The van der Waals surface area contributed by atoms with Gasteiger partial charge in [-0.25, -0.2) is 4.79 Å². The fourth-order valence-electron chi connectivity index (χ4n) is 1.58. The number of esters is 1. The molecule has 1 aromatic carbocycles. The standard InChI is InChI=1S/C14H16BrF3O4/c1-13(2,3)22-12(19)10-8(14(16,17)18)5-6-9(15)11(10)21-7-20-4/h5-6H,7H2,1-4H3. The lowest BCUT2D eigenvalue weighted by Crippen LogP contribution is -2.26. The molecule has 0 saturated carbocycles. The van der Waals surface area contributed by atoms with Crippen molar-refractivity contribution in [3.8, 4) is 5.75 Å². The first kappa shape index (κ1) is 18.8. The number of halogens is 4. The van der Waals surface area contributed by atoms with Crippen LogP contribution >= 0.6 is 15.9 Å². The Morgan fingerprint density at radius 3 is 2.27 bits per heavy atom. The molecule has 0 fully saturated rings. The monoisotopic (exact) mass is 384 g/mol. The summed E-state index contributed by atoms with van der Waals surface area (Å²) in [7, 11) is 1.31. The van der Waals surface area contributed by atoms with Gasteiger partial charge in [-0.2, -0.15) is 13.2 Å². The fourth-order valence-corrected chi connectivity index (χ4v) is 2.03. The maximum absolute atomic E-state index is 13.2. The number of carbonyl (C=O) groups is 1. The molecule has 0 aliphatic carbocycles. The van der Waals surface area contributed by atoms with Crippen molar-refractivity contribution >= 4 is 21.9 Å². The van der Waals surface area contributed by atoms with E-state index >= 15 is 0 Å². The van der Waals surface area contributed by atoms with E-state index in [1.54, 1.807) is 20.8 Å². The maximum atomic E-state index is 13.2. The van der Waals surface area contributed by atoms with Crippen LogP contribution in [0.2, 0.25) is 0 Å². The second-order valence-electron chi connectivity index (χ2n) is 5.35. The topological polar surface area (TPSA) is 44.8 Å². The number of alkyl halides is 3. The van der Waals surface area contributed by atoms with Crippen molar-refractivity contribution in [1.82, 2.24) is 0 Å². The predicted molar refractivity (Wildman–Crippen MR) is 76.8 cm³/mol. The van der Waals surface area contributed by atoms with Crippen LogP contribution in [0.4, 0.5) is 13.2 Å². The molecule has 0 saturated heterocycles. The summed E-state index contributed by atoms with van der Waals surface area (Å²) < 4.78 is 54.5. The molecule has 0 aromatic heterocycles. The Morgan fingerprint density at radius 2 is 1.82 bits per heavy atom. The molecular weight excluding hydrogens is 369 g/mol. The average molecular weight is 385 g/mol. The lowest BCUT2D eigenvalue weighted by molar-refractivity contribution is -0.138. The second kappa shape index (κ2) is 6.87. The molecule has 124 valence electrons. The molecule has 22 heavy (non-hydrogen) atoms. The third kappa shape index (κ3) is 4.88. The highest BCUT2D eigenvalue weighted by Crippen LogP contribution is 2.40. The summed E-state index contributed by atoms with van der Waals surface area (Å²) in [5, 5.41) is 0. The van der Waals surface area contributed by atoms with Gasteiger partial charge in [-0.1, -0.05) is 0 Å². The normalized spacial score (nSPS) is 12.2. The van der Waals surface area contributed by atoms with Gasteiger partial charge in [0.05, 0.1) is 10.0 Å². The lowest BCUT2D eigenvalue weighted by Gasteiger charge is -2.23. The third-order valence-corrected chi connectivity index (χ3v) is 2.96. The van der Waals surface area contributed by atoms with Crippen molar-refractivity contribution in [2.75, 3.05) is 13.9 Å². The maximum Gasteiger partial charge on any atom is 0.417 e. The van der Waals surface area contributed by atoms with Crippen molar-refractivity contribution in [3.05, 3.63) is 27.7 Å². The van der Waals surface area contributed by atoms with E-state index in [-0.39, 0.29) is 17.0 Å². The Kier molecular flexibility index (Phi) is 5.86. The van der Waals surface area contributed by atoms with Gasteiger partial charge in [0.15, 0.2) is 12.5 Å². The van der Waals surface area contributed by atoms with Gasteiger partial charge in [-0.3, -0.25) is 0 Å². The largest absolute Gasteiger partial charge is 0.465 e. The number of hydrogen-bond acceptors (Lipinski definition) is 4. The summed E-state index contributed by atoms with van der Waals surface area (Å²) in [6.45, 7) is 4.37. The van der Waals surface area contributed by atoms with Gasteiger partial charge >= 0.3 is 12.1 Å². The zero-order valence-electron chi connectivity index (χ0n) is 12.5. The summed E-state index contributed by atoms with van der Waals surface area (Å²) in [4.78, 5) is 12.2. The van der Waals surface area contributed by atoms with Crippen LogP contribution in [0.25, 0.3) is 0 Å². The molecule has 8 heteroatoms. The van der Waals surface area contributed by atoms with E-state index in [1.165, 1.54) is 7.11 Å². The van der Waals surface area contributed by atoms with Crippen molar-refractivity contribution < 1.29 is 32.2 Å². The molecule has 1 aromatic rings. The van der Waals surface area contributed by atoms with Crippen LogP contribution < -0.4 is 4.74 Å². The van der Waals surface area contributed by atoms with Crippen LogP contribution in [0.15, 0.2) is 16.6 Å². The zero-order valence-corrected chi connectivity index (χ0v) is 14.1. The van der Waals surface area contributed by atoms with E-state index in [9.17, 15) is 18.0 Å². The summed E-state index contributed by atoms with van der Waals surface area (Å²) in [6.07, 6.45) is -4.72. The number of ether oxygens (including phenoxy) is 3. The van der Waals surface area contributed by atoms with E-state index in [1.807, 2.05) is 0 Å². The highest BCUT2D eigenvalue weighted by Gasteiger charge is 2.39. The molecule has 0 amide bonds. The SMILES string of the molecule is COCOc1c(Br)ccc(C(F)(F)F)c1C(=O)OC(C)(C)C. The van der Waals surface area contributed by atoms with Crippen molar-refractivity contribution in [1.29, 1.82) is 0 Å². The van der Waals surface area contributed by atoms with Gasteiger partial charge in [-0.05, 0) is 48.8 Å². The number of methoxy groups -OCH3 is 1. The van der Waals surface area contributed by atoms with E-state index in [0.717, 1.165) is 12.1 Å². The van der Waals surface area contributed by atoms with Gasteiger partial charge in [0.2, 0.25) is 0 Å². The van der Waals surface area contributed by atoms with Crippen LogP contribution in [0.1, 0.15) is 36.7 Å². The van der Waals surface area contributed by atoms with E-state index in [2.05, 4.69) is 20.7 Å². The Labute approximate surface area is 134 Å². The van der Waals surface area contributed by atoms with E-state index in [0.29, 0.717) is 0 Å². The molecule has 0 radical (unpaired) electrons. The molecule has 1 rings (SSSR count). The quantitative estimate of drug-likeness (QED) is 0.569. The van der Waals surface area contributed by atoms with Crippen molar-refractivity contribution in [2.45, 2.75) is 32.5 Å². The van der Waals surface area contributed by atoms with Crippen LogP contribution in [0.5, 0.6) is 5.75 Å². The molecule has 0 unspecified atom stereocenters. The van der Waals surface area contributed by atoms with Crippen LogP contribution in [-0.4, -0.2) is 25.5 Å². The molecule has 0 heterocycles. The van der Waals surface area contributed by atoms with Gasteiger partial charge in [-0.15, -0.1) is 0 Å². The van der Waals surface area contributed by atoms with E-state index in [4.69, 9.17) is 9.47 Å².